The predicted molar refractivity (Wildman–Crippen MR) is 66.6 cm³/mol. The van der Waals surface area contributed by atoms with Crippen LogP contribution in [0.2, 0.25) is 0 Å². The van der Waals surface area contributed by atoms with Crippen LogP contribution in [-0.4, -0.2) is 10.1 Å². The number of hydrogen-bond acceptors (Lipinski definition) is 4. The van der Waals surface area contributed by atoms with Crippen LogP contribution in [0.1, 0.15) is 16.8 Å². The van der Waals surface area contributed by atoms with E-state index in [1.807, 2.05) is 13.0 Å². The van der Waals surface area contributed by atoms with Crippen molar-refractivity contribution in [3.05, 3.63) is 47.2 Å². The van der Waals surface area contributed by atoms with Crippen molar-refractivity contribution >= 4 is 0 Å². The average molecular weight is 240 g/mol. The number of phenolic OH excluding ortho intramolecular Hbond substituents is 1. The van der Waals surface area contributed by atoms with Crippen molar-refractivity contribution in [2.45, 2.75) is 13.8 Å². The van der Waals surface area contributed by atoms with Crippen LogP contribution in [-0.2, 0) is 0 Å². The van der Waals surface area contributed by atoms with Crippen molar-refractivity contribution in [2.75, 3.05) is 0 Å². The van der Waals surface area contributed by atoms with Gasteiger partial charge in [0.25, 0.3) is 0 Å². The van der Waals surface area contributed by atoms with Gasteiger partial charge in [-0.25, -0.2) is 4.98 Å². The zero-order chi connectivity index (χ0) is 13.1. The highest BCUT2D eigenvalue weighted by Crippen LogP contribution is 2.30. The quantitative estimate of drug-likeness (QED) is 0.876. The van der Waals surface area contributed by atoms with Crippen molar-refractivity contribution in [1.29, 1.82) is 5.26 Å². The van der Waals surface area contributed by atoms with Gasteiger partial charge in [0.15, 0.2) is 0 Å². The molecule has 0 aliphatic heterocycles. The first-order valence-corrected chi connectivity index (χ1v) is 5.46. The minimum Gasteiger partial charge on any atom is -0.508 e. The number of ether oxygens (including phenoxy) is 1. The van der Waals surface area contributed by atoms with Gasteiger partial charge < -0.3 is 9.84 Å². The van der Waals surface area contributed by atoms with Crippen molar-refractivity contribution in [3.63, 3.8) is 0 Å². The minimum atomic E-state index is 0.152. The second-order valence-electron chi connectivity index (χ2n) is 3.92. The Labute approximate surface area is 105 Å². The van der Waals surface area contributed by atoms with Gasteiger partial charge in [0, 0.05) is 11.3 Å². The largest absolute Gasteiger partial charge is 0.508 e. The summed E-state index contributed by atoms with van der Waals surface area (Å²) in [5.74, 6) is 0.898. The Morgan fingerprint density at radius 2 is 2.00 bits per heavy atom. The van der Waals surface area contributed by atoms with Gasteiger partial charge in [-0.3, -0.25) is 0 Å². The molecule has 0 radical (unpaired) electrons. The summed E-state index contributed by atoms with van der Waals surface area (Å²) in [5.41, 5.74) is 1.75. The summed E-state index contributed by atoms with van der Waals surface area (Å²) in [5, 5.41) is 18.6. The summed E-state index contributed by atoms with van der Waals surface area (Å²) in [6.45, 7) is 3.57. The summed E-state index contributed by atoms with van der Waals surface area (Å²) in [6.07, 6.45) is 0. The molecule has 0 fully saturated rings. The molecule has 1 aromatic carbocycles. The van der Waals surface area contributed by atoms with Crippen molar-refractivity contribution in [1.82, 2.24) is 4.98 Å². The Morgan fingerprint density at radius 1 is 1.22 bits per heavy atom. The van der Waals surface area contributed by atoms with E-state index in [1.165, 1.54) is 0 Å². The Kier molecular flexibility index (Phi) is 3.16. The average Bonchev–Trinajstić information content (AvgIpc) is 2.35. The van der Waals surface area contributed by atoms with Gasteiger partial charge in [0.1, 0.15) is 23.1 Å². The normalized spacial score (nSPS) is 9.83. The van der Waals surface area contributed by atoms with Crippen molar-refractivity contribution in [3.8, 4) is 23.4 Å². The first kappa shape index (κ1) is 11.9. The van der Waals surface area contributed by atoms with E-state index in [1.54, 1.807) is 37.3 Å². The van der Waals surface area contributed by atoms with E-state index in [0.29, 0.717) is 16.9 Å². The van der Waals surface area contributed by atoms with Gasteiger partial charge in [0.05, 0.1) is 0 Å². The zero-order valence-electron chi connectivity index (χ0n) is 10.1. The summed E-state index contributed by atoms with van der Waals surface area (Å²) in [4.78, 5) is 4.18. The molecule has 0 saturated carbocycles. The van der Waals surface area contributed by atoms with Gasteiger partial charge >= 0.3 is 0 Å². The smallest absolute Gasteiger partial charge is 0.237 e. The molecule has 4 heteroatoms. The van der Waals surface area contributed by atoms with E-state index >= 15 is 0 Å². The van der Waals surface area contributed by atoms with E-state index in [2.05, 4.69) is 4.98 Å². The number of aromatic hydroxyl groups is 1. The number of phenols is 1. The number of rotatable bonds is 2. The molecular weight excluding hydrogens is 228 g/mol. The number of hydrogen-bond donors (Lipinski definition) is 1. The molecule has 0 aliphatic carbocycles. The number of nitrogens with zero attached hydrogens (tertiary/aromatic N) is 2. The SMILES string of the molecule is Cc1ccc(C#N)c(Oc2cccc(O)c2C)n1. The van der Waals surface area contributed by atoms with Crippen LogP contribution in [0.4, 0.5) is 0 Å². The number of benzene rings is 1. The molecule has 1 heterocycles. The lowest BCUT2D eigenvalue weighted by Crippen LogP contribution is -1.95. The molecule has 0 aliphatic rings. The molecule has 0 saturated heterocycles. The molecule has 0 atom stereocenters. The lowest BCUT2D eigenvalue weighted by atomic mass is 10.2. The fourth-order valence-electron chi connectivity index (χ4n) is 1.51. The van der Waals surface area contributed by atoms with Gasteiger partial charge in [-0.2, -0.15) is 5.26 Å². The second-order valence-corrected chi connectivity index (χ2v) is 3.92. The Balaban J connectivity index is 2.43. The zero-order valence-corrected chi connectivity index (χ0v) is 10.1. The van der Waals surface area contributed by atoms with Gasteiger partial charge in [-0.15, -0.1) is 0 Å². The summed E-state index contributed by atoms with van der Waals surface area (Å²) in [6, 6.07) is 10.4. The molecule has 18 heavy (non-hydrogen) atoms. The minimum absolute atomic E-state index is 0.152. The van der Waals surface area contributed by atoms with Gasteiger partial charge in [-0.05, 0) is 38.1 Å². The van der Waals surface area contributed by atoms with Crippen molar-refractivity contribution < 1.29 is 9.84 Å². The maximum Gasteiger partial charge on any atom is 0.237 e. The fraction of sp³-hybridized carbons (Fsp3) is 0.143. The first-order valence-electron chi connectivity index (χ1n) is 5.46. The van der Waals surface area contributed by atoms with Crippen LogP contribution in [0.15, 0.2) is 30.3 Å². The van der Waals surface area contributed by atoms with Crippen LogP contribution in [0, 0.1) is 25.2 Å². The highest BCUT2D eigenvalue weighted by atomic mass is 16.5. The number of nitriles is 1. The lowest BCUT2D eigenvalue weighted by Gasteiger charge is -2.10. The van der Waals surface area contributed by atoms with E-state index in [-0.39, 0.29) is 11.6 Å². The lowest BCUT2D eigenvalue weighted by molar-refractivity contribution is 0.437. The number of aryl methyl sites for hydroxylation is 1. The van der Waals surface area contributed by atoms with Crippen molar-refractivity contribution in [2.24, 2.45) is 0 Å². The molecule has 0 spiro atoms. The maximum absolute atomic E-state index is 9.59. The topological polar surface area (TPSA) is 66.1 Å². The summed E-state index contributed by atoms with van der Waals surface area (Å²) in [7, 11) is 0. The molecule has 2 aromatic rings. The van der Waals surface area contributed by atoms with Gasteiger partial charge in [-0.1, -0.05) is 6.07 Å². The second kappa shape index (κ2) is 4.76. The molecule has 0 amide bonds. The molecule has 0 bridgehead atoms. The summed E-state index contributed by atoms with van der Waals surface area (Å²) < 4.78 is 5.60. The molecule has 1 N–H and O–H groups in total. The monoisotopic (exact) mass is 240 g/mol. The van der Waals surface area contributed by atoms with Crippen LogP contribution in [0.5, 0.6) is 17.4 Å². The van der Waals surface area contributed by atoms with Crippen LogP contribution >= 0.6 is 0 Å². The Hall–Kier alpha value is -2.54. The highest BCUT2D eigenvalue weighted by Gasteiger charge is 2.10. The predicted octanol–water partition coefficient (Wildman–Crippen LogP) is 3.07. The standard InChI is InChI=1S/C14H12N2O2/c1-9-6-7-11(8-15)14(16-9)18-13-5-3-4-12(17)10(13)2/h3-7,17H,1-2H3. The maximum atomic E-state index is 9.59. The molecule has 2 rings (SSSR count). The molecule has 90 valence electrons. The third-order valence-electron chi connectivity index (χ3n) is 2.58. The molecule has 0 unspecified atom stereocenters. The first-order chi connectivity index (χ1) is 8.61. The molecule has 1 aromatic heterocycles. The van der Waals surface area contributed by atoms with E-state index in [9.17, 15) is 5.11 Å². The van der Waals surface area contributed by atoms with E-state index in [4.69, 9.17) is 10.00 Å². The third kappa shape index (κ3) is 2.25. The summed E-state index contributed by atoms with van der Waals surface area (Å²) >= 11 is 0. The Morgan fingerprint density at radius 3 is 2.72 bits per heavy atom. The fourth-order valence-corrected chi connectivity index (χ4v) is 1.51. The van der Waals surface area contributed by atoms with E-state index in [0.717, 1.165) is 5.69 Å². The van der Waals surface area contributed by atoms with Crippen LogP contribution in [0.3, 0.4) is 0 Å². The number of aromatic nitrogens is 1. The van der Waals surface area contributed by atoms with Crippen LogP contribution < -0.4 is 4.74 Å². The molecule has 4 nitrogen and oxygen atoms in total. The van der Waals surface area contributed by atoms with Gasteiger partial charge in [0.2, 0.25) is 5.88 Å². The van der Waals surface area contributed by atoms with Crippen LogP contribution in [0.25, 0.3) is 0 Å². The third-order valence-corrected chi connectivity index (χ3v) is 2.58. The van der Waals surface area contributed by atoms with E-state index < -0.39 is 0 Å². The highest BCUT2D eigenvalue weighted by molar-refractivity contribution is 5.47. The Bertz CT molecular complexity index is 630. The number of pyridine rings is 1. The molecular formula is C14H12N2O2.